The first-order valence-electron chi connectivity index (χ1n) is 3.81. The van der Waals surface area contributed by atoms with Crippen molar-refractivity contribution in [3.63, 3.8) is 0 Å². The number of hydrogen-bond donors (Lipinski definition) is 1. The molecular formula is C7H9IO4. The van der Waals surface area contributed by atoms with Crippen molar-refractivity contribution in [2.24, 2.45) is 0 Å². The van der Waals surface area contributed by atoms with E-state index in [-0.39, 0.29) is 24.6 Å². The highest BCUT2D eigenvalue weighted by molar-refractivity contribution is 14.1. The summed E-state index contributed by atoms with van der Waals surface area (Å²) in [6, 6.07) is 0. The molecule has 0 aromatic heterocycles. The molecule has 0 radical (unpaired) electrons. The number of carbonyl (C=O) groups excluding carboxylic acids is 1. The van der Waals surface area contributed by atoms with Crippen LogP contribution in [0.15, 0.2) is 0 Å². The summed E-state index contributed by atoms with van der Waals surface area (Å²) in [6.07, 6.45) is -1.16. The average molecular weight is 284 g/mol. The van der Waals surface area contributed by atoms with Crippen molar-refractivity contribution in [3.05, 3.63) is 0 Å². The van der Waals surface area contributed by atoms with E-state index >= 15 is 0 Å². The van der Waals surface area contributed by atoms with Crippen molar-refractivity contribution < 1.29 is 19.4 Å². The lowest BCUT2D eigenvalue weighted by Crippen LogP contribution is -2.32. The maximum atomic E-state index is 10.8. The summed E-state index contributed by atoms with van der Waals surface area (Å²) in [5, 5.41) is 9.57. The number of halogens is 1. The van der Waals surface area contributed by atoms with Crippen molar-refractivity contribution >= 4 is 28.6 Å². The number of aliphatic hydroxyl groups excluding tert-OH is 1. The van der Waals surface area contributed by atoms with Gasteiger partial charge in [-0.05, 0) is 0 Å². The molecule has 2 saturated heterocycles. The van der Waals surface area contributed by atoms with Crippen molar-refractivity contribution in [2.75, 3.05) is 4.43 Å². The van der Waals surface area contributed by atoms with Crippen LogP contribution in [0, 0.1) is 0 Å². The van der Waals surface area contributed by atoms with Crippen LogP contribution in [0.4, 0.5) is 0 Å². The molecule has 1 N–H and O–H groups in total. The lowest BCUT2D eigenvalue weighted by molar-refractivity contribution is -0.145. The van der Waals surface area contributed by atoms with E-state index in [0.717, 1.165) is 4.43 Å². The second-order valence-corrected chi connectivity index (χ2v) is 3.90. The molecule has 4 atom stereocenters. The van der Waals surface area contributed by atoms with Gasteiger partial charge in [0.05, 0.1) is 12.5 Å². The number of esters is 1. The Morgan fingerprint density at radius 1 is 1.67 bits per heavy atom. The Kier molecular flexibility index (Phi) is 2.26. The van der Waals surface area contributed by atoms with Crippen molar-refractivity contribution in [2.45, 2.75) is 30.8 Å². The van der Waals surface area contributed by atoms with Crippen LogP contribution in [0.2, 0.25) is 0 Å². The van der Waals surface area contributed by atoms with E-state index in [2.05, 4.69) is 22.6 Å². The maximum absolute atomic E-state index is 10.8. The molecule has 5 heteroatoms. The monoisotopic (exact) mass is 284 g/mol. The summed E-state index contributed by atoms with van der Waals surface area (Å²) in [5.74, 6) is -0.268. The van der Waals surface area contributed by atoms with Crippen LogP contribution >= 0.6 is 22.6 Å². The highest BCUT2D eigenvalue weighted by Crippen LogP contribution is 2.32. The van der Waals surface area contributed by atoms with Crippen LogP contribution in [0.3, 0.4) is 0 Å². The number of rotatable bonds is 1. The van der Waals surface area contributed by atoms with Gasteiger partial charge in [0.25, 0.3) is 0 Å². The normalized spacial score (nSPS) is 46.0. The molecule has 0 aliphatic carbocycles. The van der Waals surface area contributed by atoms with Crippen LogP contribution in [0.1, 0.15) is 6.42 Å². The van der Waals surface area contributed by atoms with Gasteiger partial charge in [0.15, 0.2) is 6.10 Å². The van der Waals surface area contributed by atoms with Gasteiger partial charge in [-0.2, -0.15) is 0 Å². The van der Waals surface area contributed by atoms with E-state index in [0.29, 0.717) is 0 Å². The molecular weight excluding hydrogens is 275 g/mol. The highest BCUT2D eigenvalue weighted by Gasteiger charge is 2.50. The Hall–Kier alpha value is 0.120. The maximum Gasteiger partial charge on any atom is 0.309 e. The second kappa shape index (κ2) is 3.12. The number of hydrogen-bond acceptors (Lipinski definition) is 4. The molecule has 2 aliphatic rings. The van der Waals surface area contributed by atoms with Crippen molar-refractivity contribution in [1.82, 2.24) is 0 Å². The third-order valence-corrected chi connectivity index (χ3v) is 3.09. The van der Waals surface area contributed by atoms with Gasteiger partial charge in [-0.15, -0.1) is 0 Å². The summed E-state index contributed by atoms with van der Waals surface area (Å²) >= 11 is 2.14. The van der Waals surface area contributed by atoms with E-state index in [1.54, 1.807) is 0 Å². The van der Waals surface area contributed by atoms with Gasteiger partial charge < -0.3 is 14.6 Å². The van der Waals surface area contributed by atoms with E-state index in [1.165, 1.54) is 0 Å². The molecule has 0 aromatic rings. The Morgan fingerprint density at radius 3 is 3.00 bits per heavy atom. The standard InChI is InChI=1S/C7H9IO4/c8-2-4-6(10)7-3(11-4)1-5(9)12-7/h3-4,6-7,10H,1-2H2/t3-,4-,6+,7+/m1/s1. The topological polar surface area (TPSA) is 55.8 Å². The van der Waals surface area contributed by atoms with Crippen LogP contribution in [-0.2, 0) is 14.3 Å². The van der Waals surface area contributed by atoms with Gasteiger partial charge in [0.2, 0.25) is 0 Å². The van der Waals surface area contributed by atoms with Gasteiger partial charge in [-0.1, -0.05) is 22.6 Å². The molecule has 68 valence electrons. The van der Waals surface area contributed by atoms with Crippen LogP contribution < -0.4 is 0 Å². The third kappa shape index (κ3) is 1.23. The minimum atomic E-state index is -0.640. The number of fused-ring (bicyclic) bond motifs is 1. The molecule has 0 saturated carbocycles. The SMILES string of the molecule is O=C1C[C@H]2O[C@H](CI)[C@H](O)[C@H]2O1. The zero-order valence-corrected chi connectivity index (χ0v) is 8.43. The molecule has 0 amide bonds. The molecule has 2 aliphatic heterocycles. The Bertz CT molecular complexity index is 208. The highest BCUT2D eigenvalue weighted by atomic mass is 127. The van der Waals surface area contributed by atoms with Gasteiger partial charge in [0, 0.05) is 4.43 Å². The van der Waals surface area contributed by atoms with E-state index in [1.807, 2.05) is 0 Å². The molecule has 0 unspecified atom stereocenters. The van der Waals surface area contributed by atoms with Crippen LogP contribution in [0.5, 0.6) is 0 Å². The fourth-order valence-electron chi connectivity index (χ4n) is 1.62. The number of carbonyl (C=O) groups is 1. The minimum absolute atomic E-state index is 0.173. The number of aliphatic hydroxyl groups is 1. The number of alkyl halides is 1. The van der Waals surface area contributed by atoms with Crippen molar-refractivity contribution in [1.29, 1.82) is 0 Å². The van der Waals surface area contributed by atoms with Gasteiger partial charge >= 0.3 is 5.97 Å². The summed E-state index contributed by atoms with van der Waals surface area (Å²) < 4.78 is 11.1. The molecule has 12 heavy (non-hydrogen) atoms. The Balaban J connectivity index is 2.08. The summed E-state index contributed by atoms with van der Waals surface area (Å²) in [5.41, 5.74) is 0. The predicted octanol–water partition coefficient (Wildman–Crippen LogP) is -0.135. The molecule has 2 fully saturated rings. The fourth-order valence-corrected chi connectivity index (χ4v) is 2.34. The van der Waals surface area contributed by atoms with E-state index < -0.39 is 12.2 Å². The zero-order chi connectivity index (χ0) is 8.72. The minimum Gasteiger partial charge on any atom is -0.457 e. The first-order chi connectivity index (χ1) is 5.72. The molecule has 0 bridgehead atoms. The molecule has 2 heterocycles. The molecule has 0 aromatic carbocycles. The first kappa shape index (κ1) is 8.71. The second-order valence-electron chi connectivity index (χ2n) is 3.02. The van der Waals surface area contributed by atoms with Gasteiger partial charge in [-0.3, -0.25) is 4.79 Å². The molecule has 2 rings (SSSR count). The van der Waals surface area contributed by atoms with Crippen LogP contribution in [0.25, 0.3) is 0 Å². The fraction of sp³-hybridized carbons (Fsp3) is 0.857. The molecule has 4 nitrogen and oxygen atoms in total. The Morgan fingerprint density at radius 2 is 2.42 bits per heavy atom. The Labute approximate surface area is 83.4 Å². The average Bonchev–Trinajstić information content (AvgIpc) is 2.51. The predicted molar refractivity (Wildman–Crippen MR) is 48.1 cm³/mol. The zero-order valence-electron chi connectivity index (χ0n) is 6.27. The summed E-state index contributed by atoms with van der Waals surface area (Å²) in [4.78, 5) is 10.8. The van der Waals surface area contributed by atoms with Gasteiger partial charge in [-0.25, -0.2) is 0 Å². The lowest BCUT2D eigenvalue weighted by atomic mass is 10.1. The number of ether oxygens (including phenoxy) is 2. The first-order valence-corrected chi connectivity index (χ1v) is 5.34. The van der Waals surface area contributed by atoms with Gasteiger partial charge in [0.1, 0.15) is 12.2 Å². The largest absolute Gasteiger partial charge is 0.457 e. The van der Waals surface area contributed by atoms with Crippen LogP contribution in [-0.4, -0.2) is 39.9 Å². The summed E-state index contributed by atoms with van der Waals surface area (Å²) in [7, 11) is 0. The smallest absolute Gasteiger partial charge is 0.309 e. The quantitative estimate of drug-likeness (QED) is 0.414. The third-order valence-electron chi connectivity index (χ3n) is 2.22. The van der Waals surface area contributed by atoms with E-state index in [9.17, 15) is 9.90 Å². The van der Waals surface area contributed by atoms with E-state index in [4.69, 9.17) is 9.47 Å². The lowest BCUT2D eigenvalue weighted by Gasteiger charge is -2.13. The van der Waals surface area contributed by atoms with Crippen molar-refractivity contribution in [3.8, 4) is 0 Å². The molecule has 0 spiro atoms. The summed E-state index contributed by atoms with van der Waals surface area (Å²) in [6.45, 7) is 0.